The first-order chi connectivity index (χ1) is 10.2. The van der Waals surface area contributed by atoms with Crippen molar-refractivity contribution in [2.45, 2.75) is 26.3 Å². The predicted molar refractivity (Wildman–Crippen MR) is 75.6 cm³/mol. The molecule has 5 nitrogen and oxygen atoms in total. The van der Waals surface area contributed by atoms with Crippen LogP contribution in [0.25, 0.3) is 10.2 Å². The molecule has 0 radical (unpaired) electrons. The van der Waals surface area contributed by atoms with Gasteiger partial charge in [0.05, 0.1) is 11.9 Å². The van der Waals surface area contributed by atoms with E-state index in [-0.39, 0.29) is 6.54 Å². The Kier molecular flexibility index (Phi) is 3.78. The molecule has 21 heavy (non-hydrogen) atoms. The van der Waals surface area contributed by atoms with Gasteiger partial charge in [0, 0.05) is 12.5 Å². The molecule has 0 unspecified atom stereocenters. The summed E-state index contributed by atoms with van der Waals surface area (Å²) in [4.78, 5) is 9.76. The minimum absolute atomic E-state index is 0.265. The van der Waals surface area contributed by atoms with E-state index in [0.29, 0.717) is 11.5 Å². The van der Waals surface area contributed by atoms with E-state index in [1.165, 1.54) is 17.4 Å². The standard InChI is InChI=1S/C13H12F2N4OS/c1-2-10-17-12(8-3-4-21-13(8)18-10)16-6-7-5-9(11(14)15)20-19-7/h3-5,11H,2,6H2,1H3,(H,16,17,18). The molecule has 0 atom stereocenters. The van der Waals surface area contributed by atoms with E-state index in [9.17, 15) is 8.78 Å². The largest absolute Gasteiger partial charge is 0.364 e. The number of aryl methyl sites for hydroxylation is 1. The number of fused-ring (bicyclic) bond motifs is 1. The average Bonchev–Trinajstić information content (AvgIpc) is 3.13. The van der Waals surface area contributed by atoms with Crippen LogP contribution >= 0.6 is 11.3 Å². The monoisotopic (exact) mass is 310 g/mol. The second-order valence-corrected chi connectivity index (χ2v) is 5.25. The molecule has 0 saturated heterocycles. The highest BCUT2D eigenvalue weighted by atomic mass is 32.1. The van der Waals surface area contributed by atoms with Gasteiger partial charge < -0.3 is 9.84 Å². The molecule has 0 aromatic carbocycles. The summed E-state index contributed by atoms with van der Waals surface area (Å²) in [6.07, 6.45) is -1.93. The molecule has 0 bridgehead atoms. The molecular formula is C13H12F2N4OS. The molecule has 0 amide bonds. The lowest BCUT2D eigenvalue weighted by Crippen LogP contribution is -2.04. The third kappa shape index (κ3) is 2.85. The van der Waals surface area contributed by atoms with Crippen molar-refractivity contribution in [3.63, 3.8) is 0 Å². The number of nitrogens with zero attached hydrogens (tertiary/aromatic N) is 3. The van der Waals surface area contributed by atoms with Gasteiger partial charge >= 0.3 is 0 Å². The Bertz CT molecular complexity index is 756. The molecule has 0 aliphatic heterocycles. The quantitative estimate of drug-likeness (QED) is 0.776. The number of hydrogen-bond donors (Lipinski definition) is 1. The Morgan fingerprint density at radius 3 is 2.95 bits per heavy atom. The van der Waals surface area contributed by atoms with Gasteiger partial charge in [0.1, 0.15) is 22.2 Å². The molecule has 110 valence electrons. The third-order valence-corrected chi connectivity index (χ3v) is 3.72. The molecule has 0 aliphatic carbocycles. The van der Waals surface area contributed by atoms with Gasteiger partial charge in [-0.3, -0.25) is 0 Å². The van der Waals surface area contributed by atoms with Crippen LogP contribution in [0.15, 0.2) is 22.0 Å². The molecule has 0 spiro atoms. The highest BCUT2D eigenvalue weighted by molar-refractivity contribution is 7.16. The number of rotatable bonds is 5. The van der Waals surface area contributed by atoms with E-state index in [1.807, 2.05) is 18.4 Å². The highest BCUT2D eigenvalue weighted by Gasteiger charge is 2.14. The summed E-state index contributed by atoms with van der Waals surface area (Å²) in [7, 11) is 0. The van der Waals surface area contributed by atoms with Gasteiger partial charge in [-0.2, -0.15) is 0 Å². The molecule has 8 heteroatoms. The smallest absolute Gasteiger partial charge is 0.298 e. The minimum atomic E-state index is -2.65. The van der Waals surface area contributed by atoms with Gasteiger partial charge in [0.25, 0.3) is 6.43 Å². The first-order valence-corrected chi connectivity index (χ1v) is 7.27. The van der Waals surface area contributed by atoms with Gasteiger partial charge in [-0.15, -0.1) is 11.3 Å². The maximum absolute atomic E-state index is 12.4. The zero-order valence-electron chi connectivity index (χ0n) is 11.1. The van der Waals surface area contributed by atoms with Crippen molar-refractivity contribution in [2.75, 3.05) is 5.32 Å². The van der Waals surface area contributed by atoms with Crippen LogP contribution in [0, 0.1) is 0 Å². The van der Waals surface area contributed by atoms with Crippen molar-refractivity contribution in [2.24, 2.45) is 0 Å². The number of alkyl halides is 2. The van der Waals surface area contributed by atoms with E-state index in [1.54, 1.807) is 0 Å². The van der Waals surface area contributed by atoms with Crippen molar-refractivity contribution >= 4 is 27.4 Å². The Hall–Kier alpha value is -2.09. The molecule has 3 aromatic heterocycles. The van der Waals surface area contributed by atoms with Gasteiger partial charge in [0.15, 0.2) is 0 Å². The second-order valence-electron chi connectivity index (χ2n) is 4.36. The molecular weight excluding hydrogens is 298 g/mol. The van der Waals surface area contributed by atoms with E-state index in [2.05, 4.69) is 25.0 Å². The fraction of sp³-hybridized carbons (Fsp3) is 0.308. The summed E-state index contributed by atoms with van der Waals surface area (Å²) in [6.45, 7) is 2.24. The number of anilines is 1. The number of hydrogen-bond acceptors (Lipinski definition) is 6. The molecule has 1 N–H and O–H groups in total. The lowest BCUT2D eigenvalue weighted by Gasteiger charge is -2.06. The summed E-state index contributed by atoms with van der Waals surface area (Å²) >= 11 is 1.54. The Morgan fingerprint density at radius 2 is 2.24 bits per heavy atom. The van der Waals surface area contributed by atoms with E-state index < -0.39 is 12.2 Å². The molecule has 3 rings (SSSR count). The van der Waals surface area contributed by atoms with Gasteiger partial charge in [-0.05, 0) is 11.4 Å². The highest BCUT2D eigenvalue weighted by Crippen LogP contribution is 2.26. The lowest BCUT2D eigenvalue weighted by atomic mass is 10.3. The fourth-order valence-electron chi connectivity index (χ4n) is 1.88. The SMILES string of the molecule is CCc1nc(NCc2cc(C(F)F)on2)c2ccsc2n1. The first-order valence-electron chi connectivity index (χ1n) is 6.39. The van der Waals surface area contributed by atoms with Crippen LogP contribution in [0.5, 0.6) is 0 Å². The first kappa shape index (κ1) is 13.9. The Morgan fingerprint density at radius 1 is 1.38 bits per heavy atom. The van der Waals surface area contributed by atoms with Crippen molar-refractivity contribution in [3.8, 4) is 0 Å². The molecule has 0 fully saturated rings. The van der Waals surface area contributed by atoms with Crippen LogP contribution in [0.4, 0.5) is 14.6 Å². The zero-order chi connectivity index (χ0) is 14.8. The van der Waals surface area contributed by atoms with Crippen LogP contribution in [0.3, 0.4) is 0 Å². The van der Waals surface area contributed by atoms with E-state index in [0.717, 1.165) is 22.5 Å². The van der Waals surface area contributed by atoms with Gasteiger partial charge in [-0.25, -0.2) is 18.7 Å². The number of aromatic nitrogens is 3. The van der Waals surface area contributed by atoms with Crippen LogP contribution in [-0.2, 0) is 13.0 Å². The summed E-state index contributed by atoms with van der Waals surface area (Å²) in [6, 6.07) is 3.17. The summed E-state index contributed by atoms with van der Waals surface area (Å²) < 4.78 is 29.4. The van der Waals surface area contributed by atoms with Crippen molar-refractivity contribution < 1.29 is 13.3 Å². The van der Waals surface area contributed by atoms with Gasteiger partial charge in [-0.1, -0.05) is 12.1 Å². The van der Waals surface area contributed by atoms with Crippen LogP contribution in [0.2, 0.25) is 0 Å². The summed E-state index contributed by atoms with van der Waals surface area (Å²) in [5, 5.41) is 9.56. The van der Waals surface area contributed by atoms with Crippen molar-refractivity contribution in [1.82, 2.24) is 15.1 Å². The van der Waals surface area contributed by atoms with E-state index in [4.69, 9.17) is 0 Å². The average molecular weight is 310 g/mol. The summed E-state index contributed by atoms with van der Waals surface area (Å²) in [5.74, 6) is 0.991. The van der Waals surface area contributed by atoms with Crippen LogP contribution in [0.1, 0.15) is 30.6 Å². The molecule has 3 aromatic rings. The third-order valence-electron chi connectivity index (χ3n) is 2.92. The maximum Gasteiger partial charge on any atom is 0.298 e. The number of nitrogens with one attached hydrogen (secondary N) is 1. The Balaban J connectivity index is 1.82. The van der Waals surface area contributed by atoms with Crippen LogP contribution in [-0.4, -0.2) is 15.1 Å². The maximum atomic E-state index is 12.4. The topological polar surface area (TPSA) is 63.8 Å². The Labute approximate surface area is 123 Å². The number of thiophene rings is 1. The van der Waals surface area contributed by atoms with Crippen molar-refractivity contribution in [1.29, 1.82) is 0 Å². The molecule has 3 heterocycles. The molecule has 0 saturated carbocycles. The summed E-state index contributed by atoms with van der Waals surface area (Å²) in [5.41, 5.74) is 0.408. The second kappa shape index (κ2) is 5.72. The number of halogens is 2. The minimum Gasteiger partial charge on any atom is -0.364 e. The predicted octanol–water partition coefficient (Wildman–Crippen LogP) is 3.79. The van der Waals surface area contributed by atoms with Crippen LogP contribution < -0.4 is 5.32 Å². The normalized spacial score (nSPS) is 11.4. The van der Waals surface area contributed by atoms with Crippen molar-refractivity contribution in [3.05, 3.63) is 34.8 Å². The zero-order valence-corrected chi connectivity index (χ0v) is 12.0. The van der Waals surface area contributed by atoms with Gasteiger partial charge in [0.2, 0.25) is 5.76 Å². The molecule has 0 aliphatic rings. The lowest BCUT2D eigenvalue weighted by molar-refractivity contribution is 0.112. The van der Waals surface area contributed by atoms with E-state index >= 15 is 0 Å². The fourth-order valence-corrected chi connectivity index (χ4v) is 2.66.